The van der Waals surface area contributed by atoms with E-state index in [0.29, 0.717) is 11.1 Å². The summed E-state index contributed by atoms with van der Waals surface area (Å²) in [6.07, 6.45) is 8.09. The van der Waals surface area contributed by atoms with Crippen molar-refractivity contribution in [3.63, 3.8) is 0 Å². The zero-order valence-electron chi connectivity index (χ0n) is 43.0. The first-order valence-corrected chi connectivity index (χ1v) is 20.3. The Kier molecular flexibility index (Phi) is 12.8. The summed E-state index contributed by atoms with van der Waals surface area (Å²) >= 11 is 0. The van der Waals surface area contributed by atoms with Gasteiger partial charge in [0.1, 0.15) is 28.2 Å². The van der Waals surface area contributed by atoms with Crippen LogP contribution in [-0.4, -0.2) is 0 Å². The van der Waals surface area contributed by atoms with Crippen LogP contribution in [-0.2, 0) is 28.2 Å². The standard InChI is InChI=1S/4C14H16N/c1-11-7-6-8-13(12(11)2)14-9-4-5-10-15(14)3;2*1-11-7-8-13(12(2)10-11)14-6-4-5-9-15(14)3;1-11-7-8-12(2)13(10-11)14-6-4-5-9-15(14)3/h4*4-10H,1-3H3/q4*+1/i2*1D3;;. The summed E-state index contributed by atoms with van der Waals surface area (Å²) in [4.78, 5) is 0. The highest BCUT2D eigenvalue weighted by molar-refractivity contribution is 5.64. The molecule has 0 fully saturated rings. The van der Waals surface area contributed by atoms with Crippen molar-refractivity contribution in [1.82, 2.24) is 0 Å². The molecule has 0 atom stereocenters. The van der Waals surface area contributed by atoms with Crippen LogP contribution in [0.5, 0.6) is 0 Å². The maximum atomic E-state index is 7.55. The van der Waals surface area contributed by atoms with Gasteiger partial charge in [0, 0.05) is 79.0 Å². The minimum absolute atomic E-state index is 0.391. The molecule has 0 unspecified atom stereocenters. The minimum Gasteiger partial charge on any atom is -0.201 e. The highest BCUT2D eigenvalue weighted by Crippen LogP contribution is 2.24. The zero-order valence-corrected chi connectivity index (χ0v) is 37.0. The Morgan fingerprint density at radius 3 is 1.18 bits per heavy atom. The largest absolute Gasteiger partial charge is 0.212 e. The van der Waals surface area contributed by atoms with Gasteiger partial charge in [-0.1, -0.05) is 65.2 Å². The maximum absolute atomic E-state index is 7.55. The molecule has 0 spiro atoms. The molecule has 0 aliphatic carbocycles. The molecule has 0 N–H and O–H groups in total. The normalized spacial score (nSPS) is 12.2. The summed E-state index contributed by atoms with van der Waals surface area (Å²) in [6, 6.07) is 48.3. The SMILES string of the molecule is Cc1ccc(-c2cccc[n+]2C)c(C)c1.Cc1ccc(C)c(-c2cccc[n+]2C)c1.[2H]C([2H])([2H])c1ccc(-c2cccc[n+]2C)c(C)c1.[2H]C([2H])([2H])c1cccc(-c2cccc[n+]2C)c1C. The van der Waals surface area contributed by atoms with E-state index in [0.717, 1.165) is 33.6 Å². The van der Waals surface area contributed by atoms with Crippen molar-refractivity contribution in [1.29, 1.82) is 0 Å². The average molecular weight is 799 g/mol. The lowest BCUT2D eigenvalue weighted by atomic mass is 10.0. The zero-order chi connectivity index (χ0) is 48.3. The molecule has 304 valence electrons. The van der Waals surface area contributed by atoms with Crippen LogP contribution in [0.2, 0.25) is 0 Å². The van der Waals surface area contributed by atoms with E-state index >= 15 is 0 Å². The van der Waals surface area contributed by atoms with Crippen molar-refractivity contribution < 1.29 is 26.5 Å². The molecular formula is C56H64N4+4. The van der Waals surface area contributed by atoms with E-state index in [1.54, 1.807) is 24.3 Å². The van der Waals surface area contributed by atoms with Crippen LogP contribution >= 0.6 is 0 Å². The molecule has 0 aliphatic rings. The number of hydrogen-bond acceptors (Lipinski definition) is 0. The Labute approximate surface area is 368 Å². The van der Waals surface area contributed by atoms with E-state index in [2.05, 4.69) is 130 Å². The third kappa shape index (κ3) is 11.6. The minimum atomic E-state index is -2.06. The number of aromatic nitrogens is 4. The van der Waals surface area contributed by atoms with Gasteiger partial charge in [-0.05, 0) is 132 Å². The molecule has 0 radical (unpaired) electrons. The third-order valence-corrected chi connectivity index (χ3v) is 10.7. The van der Waals surface area contributed by atoms with Crippen LogP contribution < -0.4 is 18.3 Å². The fraction of sp³-hybridized carbons (Fsp3) is 0.214. The Morgan fingerprint density at radius 2 is 0.733 bits per heavy atom. The first-order valence-electron chi connectivity index (χ1n) is 23.3. The van der Waals surface area contributed by atoms with Gasteiger partial charge in [0.2, 0.25) is 22.8 Å². The number of aryl methyl sites for hydroxylation is 11. The molecule has 4 heteroatoms. The quantitative estimate of drug-likeness (QED) is 0.158. The molecule has 4 aromatic heterocycles. The van der Waals surface area contributed by atoms with Crippen LogP contribution in [0.15, 0.2) is 170 Å². The van der Waals surface area contributed by atoms with Gasteiger partial charge in [-0.3, -0.25) is 0 Å². The second kappa shape index (κ2) is 20.9. The van der Waals surface area contributed by atoms with Crippen molar-refractivity contribution >= 4 is 0 Å². The summed E-state index contributed by atoms with van der Waals surface area (Å²) in [5, 5.41) is 0. The van der Waals surface area contributed by atoms with E-state index in [9.17, 15) is 0 Å². The monoisotopic (exact) mass is 799 g/mol. The highest BCUT2D eigenvalue weighted by Gasteiger charge is 2.14. The summed E-state index contributed by atoms with van der Waals surface area (Å²) in [6.45, 7) is 8.28. The third-order valence-electron chi connectivity index (χ3n) is 10.7. The van der Waals surface area contributed by atoms with Gasteiger partial charge in [-0.25, -0.2) is 18.3 Å². The molecule has 0 saturated heterocycles. The van der Waals surface area contributed by atoms with Crippen molar-refractivity contribution in [2.45, 2.75) is 55.2 Å². The van der Waals surface area contributed by atoms with Gasteiger partial charge in [0.05, 0.1) is 0 Å². The number of rotatable bonds is 4. The van der Waals surface area contributed by atoms with Gasteiger partial charge < -0.3 is 0 Å². The predicted octanol–water partition coefficient (Wildman–Crippen LogP) is 11.2. The molecule has 0 aliphatic heterocycles. The first kappa shape index (κ1) is 36.6. The summed E-state index contributed by atoms with van der Waals surface area (Å²) < 4.78 is 53.2. The second-order valence-electron chi connectivity index (χ2n) is 15.4. The van der Waals surface area contributed by atoms with Crippen LogP contribution in [0.25, 0.3) is 45.0 Å². The lowest BCUT2D eigenvalue weighted by molar-refractivity contribution is -0.660. The van der Waals surface area contributed by atoms with E-state index in [1.807, 2.05) is 104 Å². The lowest BCUT2D eigenvalue weighted by Crippen LogP contribution is -2.30. The van der Waals surface area contributed by atoms with Crippen molar-refractivity contribution in [3.05, 3.63) is 215 Å². The Bertz CT molecular complexity index is 2920. The number of nitrogens with zero attached hydrogens (tertiary/aromatic N) is 4. The van der Waals surface area contributed by atoms with Crippen molar-refractivity contribution in [3.8, 4) is 45.0 Å². The summed E-state index contributed by atoms with van der Waals surface area (Å²) in [5.41, 5.74) is 17.1. The Morgan fingerprint density at radius 1 is 0.317 bits per heavy atom. The van der Waals surface area contributed by atoms with Gasteiger partial charge in [0.15, 0.2) is 24.8 Å². The van der Waals surface area contributed by atoms with E-state index in [4.69, 9.17) is 8.22 Å². The molecule has 60 heavy (non-hydrogen) atoms. The number of hydrogen-bond donors (Lipinski definition) is 0. The second-order valence-corrected chi connectivity index (χ2v) is 15.4. The molecule has 4 nitrogen and oxygen atoms in total. The molecule has 0 amide bonds. The predicted molar refractivity (Wildman–Crippen MR) is 250 cm³/mol. The molecule has 0 saturated carbocycles. The topological polar surface area (TPSA) is 15.5 Å². The molecule has 4 heterocycles. The Hall–Kier alpha value is -6.52. The Balaban J connectivity index is 0.000000166. The molecule has 8 rings (SSSR count). The molecule has 4 aromatic carbocycles. The van der Waals surface area contributed by atoms with Crippen LogP contribution in [0.1, 0.15) is 52.7 Å². The fourth-order valence-corrected chi connectivity index (χ4v) is 7.19. The van der Waals surface area contributed by atoms with E-state index in [1.165, 1.54) is 44.8 Å². The van der Waals surface area contributed by atoms with Gasteiger partial charge in [-0.2, -0.15) is 0 Å². The smallest absolute Gasteiger partial charge is 0.201 e. The molecule has 0 bridgehead atoms. The lowest BCUT2D eigenvalue weighted by Gasteiger charge is -2.06. The molecule has 8 aromatic rings. The van der Waals surface area contributed by atoms with Crippen LogP contribution in [0.3, 0.4) is 0 Å². The van der Waals surface area contributed by atoms with Gasteiger partial charge in [0.25, 0.3) is 0 Å². The average Bonchev–Trinajstić information content (AvgIpc) is 3.26. The van der Waals surface area contributed by atoms with Crippen LogP contribution in [0, 0.1) is 55.2 Å². The fourth-order valence-electron chi connectivity index (χ4n) is 7.19. The molecular weight excluding hydrogens is 729 g/mol. The van der Waals surface area contributed by atoms with Gasteiger partial charge >= 0.3 is 0 Å². The number of benzene rings is 4. The summed E-state index contributed by atoms with van der Waals surface area (Å²) in [7, 11) is 8.09. The van der Waals surface area contributed by atoms with E-state index < -0.39 is 13.7 Å². The first-order chi connectivity index (χ1) is 31.2. The highest BCUT2D eigenvalue weighted by atomic mass is 14.9. The van der Waals surface area contributed by atoms with Gasteiger partial charge in [-0.15, -0.1) is 0 Å². The van der Waals surface area contributed by atoms with Crippen molar-refractivity contribution in [2.24, 2.45) is 28.2 Å². The van der Waals surface area contributed by atoms with Crippen molar-refractivity contribution in [2.75, 3.05) is 0 Å². The number of pyridine rings is 4. The van der Waals surface area contributed by atoms with E-state index in [-0.39, 0.29) is 0 Å². The maximum Gasteiger partial charge on any atom is 0.212 e. The summed E-state index contributed by atoms with van der Waals surface area (Å²) in [5.74, 6) is 0. The van der Waals surface area contributed by atoms with Crippen LogP contribution in [0.4, 0.5) is 0 Å².